The molecule has 15 nitrogen and oxygen atoms in total. The van der Waals surface area contributed by atoms with Gasteiger partial charge >= 0.3 is 0 Å². The van der Waals surface area contributed by atoms with Gasteiger partial charge in [-0.25, -0.2) is 31.7 Å². The van der Waals surface area contributed by atoms with E-state index in [2.05, 4.69) is 40.6 Å². The van der Waals surface area contributed by atoms with Gasteiger partial charge in [-0.15, -0.1) is 10.2 Å². The van der Waals surface area contributed by atoms with Crippen molar-refractivity contribution < 1.29 is 16.8 Å². The molecule has 36 heavy (non-hydrogen) atoms. The zero-order chi connectivity index (χ0) is 25.7. The molecule has 1 atom stereocenters. The van der Waals surface area contributed by atoms with Gasteiger partial charge in [0.15, 0.2) is 5.95 Å². The van der Waals surface area contributed by atoms with E-state index in [1.54, 1.807) is 18.2 Å². The maximum absolute atomic E-state index is 13.4. The third-order valence-electron chi connectivity index (χ3n) is 5.98. The van der Waals surface area contributed by atoms with Crippen LogP contribution in [0, 0.1) is 0 Å². The number of H-pyrrole nitrogens is 2. The summed E-state index contributed by atoms with van der Waals surface area (Å²) in [6.07, 6.45) is 0.543. The molecule has 2 aromatic carbocycles. The van der Waals surface area contributed by atoms with Crippen LogP contribution in [0.5, 0.6) is 0 Å². The highest BCUT2D eigenvalue weighted by molar-refractivity contribution is 7.92. The number of aromatic amines is 2. The highest BCUT2D eigenvalue weighted by atomic mass is 32.2. The van der Waals surface area contributed by atoms with Crippen molar-refractivity contribution in [2.45, 2.75) is 21.8 Å². The maximum Gasteiger partial charge on any atom is 0.242 e. The molecule has 5 rings (SSSR count). The molecule has 0 spiro atoms. The number of nitrogen functional groups attached to an aromatic ring is 1. The van der Waals surface area contributed by atoms with Crippen LogP contribution in [0.15, 0.2) is 40.1 Å². The molecule has 0 amide bonds. The summed E-state index contributed by atoms with van der Waals surface area (Å²) in [4.78, 5) is 5.92. The third-order valence-corrected chi connectivity index (χ3v) is 8.54. The normalized spacial score (nSPS) is 18.7. The predicted molar refractivity (Wildman–Crippen MR) is 130 cm³/mol. The van der Waals surface area contributed by atoms with E-state index >= 15 is 0 Å². The Balaban J connectivity index is 1.76. The molecule has 1 aliphatic rings. The van der Waals surface area contributed by atoms with Crippen molar-refractivity contribution in [1.29, 1.82) is 0 Å². The Labute approximate surface area is 205 Å². The molecule has 1 unspecified atom stereocenters. The number of para-hydroxylation sites is 1. The molecule has 0 radical (unpaired) electrons. The monoisotopic (exact) mass is 533 g/mol. The van der Waals surface area contributed by atoms with Crippen molar-refractivity contribution in [2.24, 2.45) is 10.9 Å². The molecule has 1 saturated heterocycles. The number of anilines is 1. The molecule has 4 aromatic rings. The molecule has 1 aliphatic heterocycles. The minimum absolute atomic E-state index is 0.114. The number of hydrogen-bond acceptors (Lipinski definition) is 11. The van der Waals surface area contributed by atoms with Gasteiger partial charge in [0.1, 0.15) is 9.79 Å². The molecule has 190 valence electrons. The van der Waals surface area contributed by atoms with Crippen LogP contribution in [0.4, 0.5) is 5.95 Å². The number of rotatable bonds is 7. The minimum atomic E-state index is -4.64. The number of hydrogen-bond donors (Lipinski definition) is 7. The van der Waals surface area contributed by atoms with Crippen LogP contribution in [-0.2, 0) is 20.0 Å². The first-order chi connectivity index (χ1) is 17.0. The molecule has 3 heterocycles. The van der Waals surface area contributed by atoms with Gasteiger partial charge in [-0.1, -0.05) is 18.2 Å². The fraction of sp³-hybridized carbons (Fsp3) is 0.263. The molecule has 0 bridgehead atoms. The van der Waals surface area contributed by atoms with E-state index in [9.17, 15) is 16.8 Å². The predicted octanol–water partition coefficient (Wildman–Crippen LogP) is -1.39. The molecule has 0 saturated carbocycles. The maximum atomic E-state index is 13.4. The second-order valence-electron chi connectivity index (χ2n) is 8.53. The smallest absolute Gasteiger partial charge is 0.242 e. The number of imidazole rings is 1. The molecule has 17 heteroatoms. The van der Waals surface area contributed by atoms with E-state index in [1.165, 1.54) is 6.07 Å². The summed E-state index contributed by atoms with van der Waals surface area (Å²) in [5.41, 5.74) is 12.8. The second-order valence-corrected chi connectivity index (χ2v) is 11.8. The molecule has 1 fully saturated rings. The lowest BCUT2D eigenvalue weighted by molar-refractivity contribution is 0.456. The van der Waals surface area contributed by atoms with Gasteiger partial charge in [0.25, 0.3) is 0 Å². The highest BCUT2D eigenvalue weighted by Crippen LogP contribution is 2.40. The summed E-state index contributed by atoms with van der Waals surface area (Å²) >= 11 is 0. The van der Waals surface area contributed by atoms with Crippen molar-refractivity contribution in [3.8, 4) is 22.5 Å². The number of nitrogens with one attached hydrogen (secondary N) is 4. The minimum Gasteiger partial charge on any atom is -0.369 e. The summed E-state index contributed by atoms with van der Waals surface area (Å²) in [5, 5.41) is 22.3. The average molecular weight is 534 g/mol. The van der Waals surface area contributed by atoms with Crippen LogP contribution < -0.4 is 26.6 Å². The largest absolute Gasteiger partial charge is 0.369 e. The lowest BCUT2D eigenvalue weighted by atomic mass is 9.98. The number of benzene rings is 2. The van der Waals surface area contributed by atoms with Crippen LogP contribution in [0.1, 0.15) is 6.42 Å². The summed E-state index contributed by atoms with van der Waals surface area (Å²) in [6, 6.07) is 7.70. The van der Waals surface area contributed by atoms with Crippen LogP contribution in [0.3, 0.4) is 0 Å². The van der Waals surface area contributed by atoms with Gasteiger partial charge in [-0.2, -0.15) is 5.21 Å². The highest BCUT2D eigenvalue weighted by Gasteiger charge is 2.35. The van der Waals surface area contributed by atoms with Crippen LogP contribution >= 0.6 is 0 Å². The molecular weight excluding hydrogens is 510 g/mol. The Kier molecular flexibility index (Phi) is 5.77. The Bertz CT molecular complexity index is 1660. The fourth-order valence-corrected chi connectivity index (χ4v) is 7.01. The number of fused-ring (bicyclic) bond motifs is 1. The van der Waals surface area contributed by atoms with Crippen molar-refractivity contribution in [3.63, 3.8) is 0 Å². The van der Waals surface area contributed by atoms with E-state index < -0.39 is 35.4 Å². The second kappa shape index (κ2) is 8.57. The molecule has 2 aromatic heterocycles. The lowest BCUT2D eigenvalue weighted by Gasteiger charge is -2.23. The Hall–Kier alpha value is -3.48. The first-order valence-corrected chi connectivity index (χ1v) is 13.7. The van der Waals surface area contributed by atoms with E-state index in [0.29, 0.717) is 36.1 Å². The first-order valence-electron chi connectivity index (χ1n) is 10.7. The summed E-state index contributed by atoms with van der Waals surface area (Å²) in [7, 11) is -9.04. The number of primary sulfonamides is 1. The van der Waals surface area contributed by atoms with E-state index in [0.717, 1.165) is 6.07 Å². The summed E-state index contributed by atoms with van der Waals surface area (Å²) in [6.45, 7) is 0.930. The lowest BCUT2D eigenvalue weighted by Crippen LogP contribution is -2.51. The third kappa shape index (κ3) is 4.31. The van der Waals surface area contributed by atoms with E-state index in [1.807, 2.05) is 0 Å². The van der Waals surface area contributed by atoms with Crippen LogP contribution in [0.2, 0.25) is 0 Å². The number of aromatic nitrogens is 6. The Morgan fingerprint density at radius 2 is 1.92 bits per heavy atom. The fourth-order valence-electron chi connectivity index (χ4n) is 4.27. The van der Waals surface area contributed by atoms with Crippen molar-refractivity contribution >= 4 is 37.0 Å². The topological polar surface area (TPSA) is 254 Å². The number of sulfonamides is 2. The van der Waals surface area contributed by atoms with Crippen molar-refractivity contribution in [2.75, 3.05) is 25.4 Å². The van der Waals surface area contributed by atoms with Crippen LogP contribution in [-0.4, -0.2) is 72.6 Å². The van der Waals surface area contributed by atoms with Gasteiger partial charge in [-0.3, -0.25) is 0 Å². The van der Waals surface area contributed by atoms with Gasteiger partial charge in [0.2, 0.25) is 25.9 Å². The average Bonchev–Trinajstić information content (AvgIpc) is 3.57. The number of nitrogens with zero attached hydrogens (tertiary/aromatic N) is 4. The quantitative estimate of drug-likeness (QED) is 0.145. The molecule has 10 N–H and O–H groups in total. The zero-order valence-corrected chi connectivity index (χ0v) is 20.3. The zero-order valence-electron chi connectivity index (χ0n) is 18.7. The SMILES string of the molecule is Nc1nc2c(-c3ccc(S(=O)(=O)NCC4(N)CCNC4)c(S(N)(=O)=O)c3-c3nn[nH]n3)cccc2[nH]1. The van der Waals surface area contributed by atoms with E-state index in [4.69, 9.17) is 16.6 Å². The standard InChI is InChI=1S/C19H23N11O4S2/c20-18-25-12-3-1-2-11(15(12)26-18)10-4-5-13(36(33,34)24-9-19(21)6-7-23-8-19)16(35(22,31)32)14(10)17-27-29-30-28-17/h1-5,23-24H,6-9,21H2,(H3,20,25,26)(H2,22,31,32)(H,27,28,29,30). The molecule has 0 aliphatic carbocycles. The first kappa shape index (κ1) is 24.2. The summed E-state index contributed by atoms with van der Waals surface area (Å²) in [5.74, 6) is -0.0346. The Morgan fingerprint density at radius 3 is 2.58 bits per heavy atom. The Morgan fingerprint density at radius 1 is 1.11 bits per heavy atom. The van der Waals surface area contributed by atoms with Gasteiger partial charge in [0.05, 0.1) is 16.6 Å². The number of nitrogens with two attached hydrogens (primary N) is 3. The molecular formula is C19H23N11O4S2. The van der Waals surface area contributed by atoms with Crippen molar-refractivity contribution in [1.82, 2.24) is 40.6 Å². The van der Waals surface area contributed by atoms with Gasteiger partial charge in [-0.05, 0) is 35.9 Å². The summed E-state index contributed by atoms with van der Waals surface area (Å²) < 4.78 is 55.0. The number of tetrazole rings is 1. The van der Waals surface area contributed by atoms with E-state index in [-0.39, 0.29) is 29.4 Å². The van der Waals surface area contributed by atoms with Crippen molar-refractivity contribution in [3.05, 3.63) is 30.3 Å². The van der Waals surface area contributed by atoms with Crippen LogP contribution in [0.25, 0.3) is 33.5 Å². The van der Waals surface area contributed by atoms with Gasteiger partial charge in [0, 0.05) is 24.2 Å². The van der Waals surface area contributed by atoms with Gasteiger partial charge < -0.3 is 21.8 Å².